The van der Waals surface area contributed by atoms with Crippen LogP contribution in [0.5, 0.6) is 0 Å². The molecule has 0 aromatic heterocycles. The van der Waals surface area contributed by atoms with E-state index in [0.717, 1.165) is 0 Å². The van der Waals surface area contributed by atoms with E-state index in [-0.39, 0.29) is 6.42 Å². The third kappa shape index (κ3) is 3.31. The highest BCUT2D eigenvalue weighted by molar-refractivity contribution is 4.63. The first-order valence-electron chi connectivity index (χ1n) is 3.00. The van der Waals surface area contributed by atoms with Crippen molar-refractivity contribution in [2.24, 2.45) is 0 Å². The quantitative estimate of drug-likeness (QED) is 0.543. The van der Waals surface area contributed by atoms with Gasteiger partial charge in [0.2, 0.25) is 0 Å². The maximum Gasteiger partial charge on any atom is 0.482 e. The fraction of sp³-hybridized carbons (Fsp3) is 1.00. The summed E-state index contributed by atoms with van der Waals surface area (Å²) in [6.45, 7) is -1.32. The van der Waals surface area contributed by atoms with Crippen LogP contribution in [-0.4, -0.2) is 30.6 Å². The standard InChI is InChI=1S/C5H7F5O2/c6-4(7,8)5(9,10)12-3-1-2-11/h11H,1-3H2. The van der Waals surface area contributed by atoms with E-state index in [2.05, 4.69) is 4.74 Å². The summed E-state index contributed by atoms with van der Waals surface area (Å²) in [5.74, 6) is 0. The molecule has 0 fully saturated rings. The third-order valence-corrected chi connectivity index (χ3v) is 0.916. The molecule has 0 aliphatic rings. The molecule has 0 aromatic rings. The maximum atomic E-state index is 11.8. The summed E-state index contributed by atoms with van der Waals surface area (Å²) in [5, 5.41) is 8.06. The van der Waals surface area contributed by atoms with Crippen LogP contribution in [0.25, 0.3) is 0 Å². The Morgan fingerprint density at radius 1 is 1.08 bits per heavy atom. The largest absolute Gasteiger partial charge is 0.482 e. The van der Waals surface area contributed by atoms with Crippen molar-refractivity contribution >= 4 is 0 Å². The number of hydrogen-bond donors (Lipinski definition) is 1. The van der Waals surface area contributed by atoms with Gasteiger partial charge in [0, 0.05) is 6.61 Å². The van der Waals surface area contributed by atoms with Gasteiger partial charge in [-0.15, -0.1) is 0 Å². The molecule has 0 rings (SSSR count). The molecule has 0 amide bonds. The molecule has 7 heteroatoms. The Bertz CT molecular complexity index is 132. The molecule has 0 unspecified atom stereocenters. The first-order valence-corrected chi connectivity index (χ1v) is 3.00. The first-order chi connectivity index (χ1) is 5.31. The molecule has 0 aliphatic heterocycles. The molecule has 2 nitrogen and oxygen atoms in total. The second-order valence-electron chi connectivity index (χ2n) is 1.94. The third-order valence-electron chi connectivity index (χ3n) is 0.916. The number of ether oxygens (including phenoxy) is 1. The van der Waals surface area contributed by atoms with Gasteiger partial charge in [-0.1, -0.05) is 0 Å². The van der Waals surface area contributed by atoms with Crippen molar-refractivity contribution < 1.29 is 31.8 Å². The molecular formula is C5H7F5O2. The predicted octanol–water partition coefficient (Wildman–Crippen LogP) is 1.54. The fourth-order valence-electron chi connectivity index (χ4n) is 0.347. The number of aliphatic hydroxyl groups is 1. The van der Waals surface area contributed by atoms with Crippen LogP contribution in [0.2, 0.25) is 0 Å². The van der Waals surface area contributed by atoms with E-state index in [0.29, 0.717) is 0 Å². The molecule has 0 spiro atoms. The summed E-state index contributed by atoms with van der Waals surface area (Å²) < 4.78 is 60.8. The molecule has 74 valence electrons. The highest BCUT2D eigenvalue weighted by Crippen LogP contribution is 2.36. The van der Waals surface area contributed by atoms with Gasteiger partial charge in [-0.2, -0.15) is 22.0 Å². The molecular weight excluding hydrogens is 187 g/mol. The van der Waals surface area contributed by atoms with Crippen LogP contribution < -0.4 is 0 Å². The number of hydrogen-bond acceptors (Lipinski definition) is 2. The highest BCUT2D eigenvalue weighted by Gasteiger charge is 2.59. The zero-order valence-electron chi connectivity index (χ0n) is 5.87. The minimum atomic E-state index is -5.69. The van der Waals surface area contributed by atoms with Gasteiger partial charge in [0.15, 0.2) is 0 Å². The van der Waals surface area contributed by atoms with Crippen molar-refractivity contribution in [1.29, 1.82) is 0 Å². The average molecular weight is 194 g/mol. The van der Waals surface area contributed by atoms with Crippen molar-refractivity contribution in [2.45, 2.75) is 18.7 Å². The van der Waals surface area contributed by atoms with Crippen LogP contribution in [0.3, 0.4) is 0 Å². The number of aliphatic hydroxyl groups excluding tert-OH is 1. The van der Waals surface area contributed by atoms with Crippen LogP contribution in [0.15, 0.2) is 0 Å². The summed E-state index contributed by atoms with van der Waals surface area (Å²) in [6.07, 6.45) is -11.1. The molecule has 0 heterocycles. The summed E-state index contributed by atoms with van der Waals surface area (Å²) in [4.78, 5) is 0. The Morgan fingerprint density at radius 3 is 1.92 bits per heavy atom. The van der Waals surface area contributed by atoms with E-state index >= 15 is 0 Å². The molecule has 1 N–H and O–H groups in total. The second-order valence-corrected chi connectivity index (χ2v) is 1.94. The number of rotatable bonds is 4. The zero-order chi connectivity index (χ0) is 9.83. The van der Waals surface area contributed by atoms with Crippen molar-refractivity contribution in [3.05, 3.63) is 0 Å². The van der Waals surface area contributed by atoms with Crippen LogP contribution >= 0.6 is 0 Å². The number of alkyl halides is 5. The van der Waals surface area contributed by atoms with E-state index < -0.39 is 25.5 Å². The Hall–Kier alpha value is -0.430. The minimum absolute atomic E-state index is 0.258. The second kappa shape index (κ2) is 3.99. The van der Waals surface area contributed by atoms with Gasteiger partial charge in [0.05, 0.1) is 6.61 Å². The maximum absolute atomic E-state index is 11.8. The van der Waals surface area contributed by atoms with E-state index in [1.165, 1.54) is 0 Å². The van der Waals surface area contributed by atoms with Crippen LogP contribution in [0.1, 0.15) is 6.42 Å². The van der Waals surface area contributed by atoms with E-state index in [4.69, 9.17) is 5.11 Å². The van der Waals surface area contributed by atoms with Crippen LogP contribution in [-0.2, 0) is 4.74 Å². The van der Waals surface area contributed by atoms with Crippen LogP contribution in [0.4, 0.5) is 22.0 Å². The topological polar surface area (TPSA) is 29.5 Å². The van der Waals surface area contributed by atoms with Gasteiger partial charge in [-0.25, -0.2) is 0 Å². The molecule has 12 heavy (non-hydrogen) atoms. The molecule has 0 aliphatic carbocycles. The van der Waals surface area contributed by atoms with E-state index in [1.807, 2.05) is 0 Å². The highest BCUT2D eigenvalue weighted by atomic mass is 19.4. The lowest BCUT2D eigenvalue weighted by atomic mass is 10.5. The SMILES string of the molecule is OCCCOC(F)(F)C(F)(F)F. The molecule has 0 radical (unpaired) electrons. The molecule has 0 saturated heterocycles. The van der Waals surface area contributed by atoms with E-state index in [1.54, 1.807) is 0 Å². The van der Waals surface area contributed by atoms with Crippen LogP contribution in [0, 0.1) is 0 Å². The Labute approximate surface area is 64.9 Å². The summed E-state index contributed by atoms with van der Waals surface area (Å²) >= 11 is 0. The molecule has 0 aromatic carbocycles. The Morgan fingerprint density at radius 2 is 1.58 bits per heavy atom. The predicted molar refractivity (Wildman–Crippen MR) is 28.7 cm³/mol. The lowest BCUT2D eigenvalue weighted by Gasteiger charge is -2.18. The van der Waals surface area contributed by atoms with Crippen molar-refractivity contribution in [3.8, 4) is 0 Å². The fourth-order valence-corrected chi connectivity index (χ4v) is 0.347. The first kappa shape index (κ1) is 11.6. The van der Waals surface area contributed by atoms with Crippen molar-refractivity contribution in [1.82, 2.24) is 0 Å². The zero-order valence-corrected chi connectivity index (χ0v) is 5.87. The normalized spacial score (nSPS) is 13.5. The summed E-state index contributed by atoms with van der Waals surface area (Å²) in [7, 11) is 0. The average Bonchev–Trinajstić information content (AvgIpc) is 1.85. The Kier molecular flexibility index (Phi) is 3.85. The monoisotopic (exact) mass is 194 g/mol. The van der Waals surface area contributed by atoms with Crippen molar-refractivity contribution in [2.75, 3.05) is 13.2 Å². The summed E-state index contributed by atoms with van der Waals surface area (Å²) in [5.41, 5.74) is 0. The van der Waals surface area contributed by atoms with Gasteiger partial charge < -0.3 is 9.84 Å². The van der Waals surface area contributed by atoms with E-state index in [9.17, 15) is 22.0 Å². The molecule has 0 bridgehead atoms. The number of halogens is 5. The molecule has 0 saturated carbocycles. The van der Waals surface area contributed by atoms with Gasteiger partial charge in [0.1, 0.15) is 0 Å². The van der Waals surface area contributed by atoms with Gasteiger partial charge in [-0.3, -0.25) is 0 Å². The lowest BCUT2D eigenvalue weighted by molar-refractivity contribution is -0.391. The Balaban J connectivity index is 3.88. The molecule has 0 atom stereocenters. The van der Waals surface area contributed by atoms with Gasteiger partial charge in [0.25, 0.3) is 0 Å². The minimum Gasteiger partial charge on any atom is -0.396 e. The van der Waals surface area contributed by atoms with Crippen molar-refractivity contribution in [3.63, 3.8) is 0 Å². The smallest absolute Gasteiger partial charge is 0.396 e. The van der Waals surface area contributed by atoms with Gasteiger partial charge >= 0.3 is 12.3 Å². The lowest BCUT2D eigenvalue weighted by Crippen LogP contribution is -2.39. The summed E-state index contributed by atoms with van der Waals surface area (Å²) in [6, 6.07) is 0. The van der Waals surface area contributed by atoms with Gasteiger partial charge in [-0.05, 0) is 6.42 Å².